The fraction of sp³-hybridized carbons (Fsp3) is 0.391. The fourth-order valence-electron chi connectivity index (χ4n) is 2.82. The smallest absolute Gasteiger partial charge is 0.339 e. The lowest BCUT2D eigenvalue weighted by Crippen LogP contribution is -2.20. The zero-order chi connectivity index (χ0) is 19.5. The molecule has 4 nitrogen and oxygen atoms in total. The van der Waals surface area contributed by atoms with Crippen LogP contribution < -0.4 is 0 Å². The second-order valence-corrected chi connectivity index (χ2v) is 6.54. The van der Waals surface area contributed by atoms with Gasteiger partial charge in [0.05, 0.1) is 11.1 Å². The van der Waals surface area contributed by atoms with Crippen LogP contribution >= 0.6 is 0 Å². The summed E-state index contributed by atoms with van der Waals surface area (Å²) in [4.78, 5) is 25.1. The summed E-state index contributed by atoms with van der Waals surface area (Å²) in [6.07, 6.45) is 4.75. The molecule has 0 saturated carbocycles. The highest BCUT2D eigenvalue weighted by molar-refractivity contribution is 6.03. The minimum absolute atomic E-state index is 0.127. The van der Waals surface area contributed by atoms with Crippen LogP contribution in [0.25, 0.3) is 0 Å². The van der Waals surface area contributed by atoms with Crippen LogP contribution in [-0.4, -0.2) is 18.0 Å². The predicted molar refractivity (Wildman–Crippen MR) is 106 cm³/mol. The van der Waals surface area contributed by atoms with Crippen LogP contribution in [0.1, 0.15) is 72.2 Å². The number of hydrogen-bond acceptors (Lipinski definition) is 4. The Balaban J connectivity index is 2.02. The van der Waals surface area contributed by atoms with Gasteiger partial charge in [-0.15, -0.1) is 0 Å². The molecule has 1 atom stereocenters. The zero-order valence-electron chi connectivity index (χ0n) is 16.1. The van der Waals surface area contributed by atoms with Crippen molar-refractivity contribution in [3.8, 4) is 0 Å². The molecule has 144 valence electrons. The molecule has 2 aromatic rings. The summed E-state index contributed by atoms with van der Waals surface area (Å²) in [5, 5.41) is 0. The van der Waals surface area contributed by atoms with Gasteiger partial charge in [0, 0.05) is 0 Å². The largest absolute Gasteiger partial charge is 0.459 e. The molecule has 27 heavy (non-hydrogen) atoms. The lowest BCUT2D eigenvalue weighted by Gasteiger charge is -2.17. The molecule has 0 fully saturated rings. The normalized spacial score (nSPS) is 11.6. The summed E-state index contributed by atoms with van der Waals surface area (Å²) in [6.45, 7) is 4.31. The third-order valence-corrected chi connectivity index (χ3v) is 4.44. The summed E-state index contributed by atoms with van der Waals surface area (Å²) in [5.41, 5.74) is 1.39. The molecule has 4 heteroatoms. The van der Waals surface area contributed by atoms with Crippen LogP contribution in [0.2, 0.25) is 0 Å². The Morgan fingerprint density at radius 2 is 1.48 bits per heavy atom. The van der Waals surface area contributed by atoms with Gasteiger partial charge in [-0.25, -0.2) is 9.59 Å². The van der Waals surface area contributed by atoms with E-state index >= 15 is 0 Å². The van der Waals surface area contributed by atoms with Gasteiger partial charge in [-0.05, 0) is 37.0 Å². The third-order valence-electron chi connectivity index (χ3n) is 4.44. The van der Waals surface area contributed by atoms with E-state index in [1.807, 2.05) is 37.3 Å². The van der Waals surface area contributed by atoms with E-state index in [1.165, 1.54) is 0 Å². The maximum atomic E-state index is 12.6. The molecule has 2 rings (SSSR count). The summed E-state index contributed by atoms with van der Waals surface area (Å²) >= 11 is 0. The molecule has 0 bridgehead atoms. The molecule has 0 aromatic heterocycles. The average molecular weight is 368 g/mol. The third kappa shape index (κ3) is 6.55. The van der Waals surface area contributed by atoms with Gasteiger partial charge in [0.1, 0.15) is 12.7 Å². The second kappa shape index (κ2) is 11.2. The zero-order valence-corrected chi connectivity index (χ0v) is 16.1. The molecular weight excluding hydrogens is 340 g/mol. The number of carbonyl (C=O) groups excluding carboxylic acids is 2. The van der Waals surface area contributed by atoms with Gasteiger partial charge in [-0.2, -0.15) is 0 Å². The van der Waals surface area contributed by atoms with Gasteiger partial charge in [-0.1, -0.05) is 69.2 Å². The molecular formula is C23H28O4. The maximum absolute atomic E-state index is 12.6. The Morgan fingerprint density at radius 3 is 2.11 bits per heavy atom. The summed E-state index contributed by atoms with van der Waals surface area (Å²) in [7, 11) is 0. The van der Waals surface area contributed by atoms with E-state index < -0.39 is 11.9 Å². The first-order valence-electron chi connectivity index (χ1n) is 9.66. The highest BCUT2D eigenvalue weighted by Gasteiger charge is 2.21. The molecule has 0 amide bonds. The number of carbonyl (C=O) groups is 2. The summed E-state index contributed by atoms with van der Waals surface area (Å²) in [5.74, 6) is -0.990. The van der Waals surface area contributed by atoms with Crippen LogP contribution in [0.5, 0.6) is 0 Å². The van der Waals surface area contributed by atoms with Gasteiger partial charge in [-0.3, -0.25) is 0 Å². The Hall–Kier alpha value is -2.62. The van der Waals surface area contributed by atoms with Crippen LogP contribution in [0.15, 0.2) is 54.6 Å². The van der Waals surface area contributed by atoms with E-state index in [9.17, 15) is 9.59 Å². The van der Waals surface area contributed by atoms with Crippen LogP contribution in [-0.2, 0) is 16.1 Å². The standard InChI is InChI=1S/C23H28O4/c1-3-5-7-14-19(4-2)27-23(25)21-16-11-10-15-20(21)22(24)26-17-18-12-8-6-9-13-18/h6,8-13,15-16,19H,3-5,7,14,17H2,1-2H3/t19-/m1/s1. The van der Waals surface area contributed by atoms with Crippen LogP contribution in [0, 0.1) is 0 Å². The van der Waals surface area contributed by atoms with E-state index in [-0.39, 0.29) is 23.8 Å². The highest BCUT2D eigenvalue weighted by atomic mass is 16.5. The van der Waals surface area contributed by atoms with E-state index in [1.54, 1.807) is 24.3 Å². The molecule has 0 aliphatic carbocycles. The molecule has 0 radical (unpaired) electrons. The SMILES string of the molecule is CCCCC[C@@H](CC)OC(=O)c1ccccc1C(=O)OCc1ccccc1. The van der Waals surface area contributed by atoms with Crippen molar-refractivity contribution < 1.29 is 19.1 Å². The first-order valence-corrected chi connectivity index (χ1v) is 9.66. The Bertz CT molecular complexity index is 724. The number of rotatable bonds is 10. The molecule has 0 heterocycles. The molecule has 0 spiro atoms. The van der Waals surface area contributed by atoms with Crippen molar-refractivity contribution in [2.75, 3.05) is 0 Å². The number of esters is 2. The molecule has 2 aromatic carbocycles. The van der Waals surface area contributed by atoms with Crippen molar-refractivity contribution in [3.05, 3.63) is 71.3 Å². The molecule has 0 N–H and O–H groups in total. The number of ether oxygens (including phenoxy) is 2. The van der Waals surface area contributed by atoms with Gasteiger partial charge in [0.15, 0.2) is 0 Å². The molecule has 0 aliphatic heterocycles. The fourth-order valence-corrected chi connectivity index (χ4v) is 2.82. The van der Waals surface area contributed by atoms with Gasteiger partial charge >= 0.3 is 11.9 Å². The predicted octanol–water partition coefficient (Wildman–Crippen LogP) is 5.56. The second-order valence-electron chi connectivity index (χ2n) is 6.54. The van der Waals surface area contributed by atoms with Crippen LogP contribution in [0.3, 0.4) is 0 Å². The number of unbranched alkanes of at least 4 members (excludes halogenated alkanes) is 2. The lowest BCUT2D eigenvalue weighted by molar-refractivity contribution is 0.0257. The van der Waals surface area contributed by atoms with Crippen molar-refractivity contribution >= 4 is 11.9 Å². The molecule has 0 saturated heterocycles. The monoisotopic (exact) mass is 368 g/mol. The van der Waals surface area contributed by atoms with Gasteiger partial charge in [0.25, 0.3) is 0 Å². The van der Waals surface area contributed by atoms with Crippen molar-refractivity contribution in [1.29, 1.82) is 0 Å². The topological polar surface area (TPSA) is 52.6 Å². The Morgan fingerprint density at radius 1 is 0.852 bits per heavy atom. The maximum Gasteiger partial charge on any atom is 0.339 e. The first kappa shape index (κ1) is 20.7. The number of benzene rings is 2. The van der Waals surface area contributed by atoms with Gasteiger partial charge in [0.2, 0.25) is 0 Å². The van der Waals surface area contributed by atoms with E-state index in [4.69, 9.17) is 9.47 Å². The Kier molecular flexibility index (Phi) is 8.56. The van der Waals surface area contributed by atoms with E-state index in [0.717, 1.165) is 37.7 Å². The van der Waals surface area contributed by atoms with Crippen molar-refractivity contribution in [2.45, 2.75) is 58.7 Å². The van der Waals surface area contributed by atoms with Crippen molar-refractivity contribution in [3.63, 3.8) is 0 Å². The average Bonchev–Trinajstić information content (AvgIpc) is 2.72. The highest BCUT2D eigenvalue weighted by Crippen LogP contribution is 2.17. The van der Waals surface area contributed by atoms with E-state index in [0.29, 0.717) is 0 Å². The van der Waals surface area contributed by atoms with Crippen molar-refractivity contribution in [2.24, 2.45) is 0 Å². The minimum atomic E-state index is -0.523. The Labute approximate surface area is 161 Å². The molecule has 0 aliphatic rings. The summed E-state index contributed by atoms with van der Waals surface area (Å²) in [6, 6.07) is 16.1. The van der Waals surface area contributed by atoms with E-state index in [2.05, 4.69) is 6.92 Å². The molecule has 0 unspecified atom stereocenters. The van der Waals surface area contributed by atoms with Crippen molar-refractivity contribution in [1.82, 2.24) is 0 Å². The number of hydrogen-bond donors (Lipinski definition) is 0. The first-order chi connectivity index (χ1) is 13.2. The lowest BCUT2D eigenvalue weighted by atomic mass is 10.1. The quantitative estimate of drug-likeness (QED) is 0.407. The van der Waals surface area contributed by atoms with Gasteiger partial charge < -0.3 is 9.47 Å². The van der Waals surface area contributed by atoms with Crippen LogP contribution in [0.4, 0.5) is 0 Å². The summed E-state index contributed by atoms with van der Waals surface area (Å²) < 4.78 is 11.0. The minimum Gasteiger partial charge on any atom is -0.459 e.